The van der Waals surface area contributed by atoms with Crippen LogP contribution < -0.4 is 19.7 Å². The number of ether oxygens (including phenoxy) is 2. The van der Waals surface area contributed by atoms with Gasteiger partial charge in [0.15, 0.2) is 11.5 Å². The number of anilines is 1. The third-order valence-electron chi connectivity index (χ3n) is 7.49. The van der Waals surface area contributed by atoms with Gasteiger partial charge in [0.1, 0.15) is 12.3 Å². The van der Waals surface area contributed by atoms with Crippen molar-refractivity contribution in [2.75, 3.05) is 18.6 Å². The van der Waals surface area contributed by atoms with Gasteiger partial charge in [0.05, 0.1) is 7.11 Å². The number of amides is 1. The number of nitrogens with zero attached hydrogens (tertiary/aromatic N) is 1. The molecule has 1 amide bonds. The number of methoxy groups -OCH3 is 1. The van der Waals surface area contributed by atoms with Crippen molar-refractivity contribution in [2.45, 2.75) is 44.9 Å². The Bertz CT molecular complexity index is 1400. The highest BCUT2D eigenvalue weighted by Gasteiger charge is 2.57. The molecule has 1 saturated heterocycles. The summed E-state index contributed by atoms with van der Waals surface area (Å²) in [6.07, 6.45) is 4.63. The summed E-state index contributed by atoms with van der Waals surface area (Å²) in [5, 5.41) is 4.47. The van der Waals surface area contributed by atoms with Crippen LogP contribution in [0.3, 0.4) is 0 Å². The highest BCUT2D eigenvalue weighted by Crippen LogP contribution is 2.52. The maximum atomic E-state index is 12.7. The zero-order chi connectivity index (χ0) is 26.4. The van der Waals surface area contributed by atoms with Crippen molar-refractivity contribution in [3.8, 4) is 11.5 Å². The summed E-state index contributed by atoms with van der Waals surface area (Å²) in [7, 11) is 1.62. The molecule has 192 valence electrons. The molecular formula is C30H30Cl2N2O3. The van der Waals surface area contributed by atoms with Crippen LogP contribution in [0.25, 0.3) is 6.08 Å². The van der Waals surface area contributed by atoms with E-state index < -0.39 is 5.66 Å². The lowest BCUT2D eigenvalue weighted by Crippen LogP contribution is -2.68. The minimum Gasteiger partial charge on any atom is -0.493 e. The minimum absolute atomic E-state index is 0.0562. The maximum Gasteiger partial charge on any atom is 0.223 e. The lowest BCUT2D eigenvalue weighted by atomic mass is 9.74. The summed E-state index contributed by atoms with van der Waals surface area (Å²) in [6.45, 7) is 7.45. The monoisotopic (exact) mass is 536 g/mol. The van der Waals surface area contributed by atoms with Crippen molar-refractivity contribution in [3.05, 3.63) is 93.0 Å². The van der Waals surface area contributed by atoms with E-state index in [9.17, 15) is 4.79 Å². The third kappa shape index (κ3) is 4.45. The van der Waals surface area contributed by atoms with Gasteiger partial charge in [-0.05, 0) is 54.5 Å². The number of carbonyl (C=O) groups is 1. The first-order valence-electron chi connectivity index (χ1n) is 12.3. The predicted molar refractivity (Wildman–Crippen MR) is 150 cm³/mol. The zero-order valence-corrected chi connectivity index (χ0v) is 22.9. The van der Waals surface area contributed by atoms with Gasteiger partial charge in [0, 0.05) is 39.7 Å². The minimum atomic E-state index is -0.674. The smallest absolute Gasteiger partial charge is 0.223 e. The van der Waals surface area contributed by atoms with Crippen LogP contribution in [0.5, 0.6) is 11.5 Å². The van der Waals surface area contributed by atoms with Crippen molar-refractivity contribution in [1.29, 1.82) is 0 Å². The number of fused-ring (bicyclic) bond motifs is 3. The van der Waals surface area contributed by atoms with E-state index >= 15 is 0 Å². The number of hydrogen-bond acceptors (Lipinski definition) is 4. The molecule has 2 aliphatic rings. The second-order valence-corrected chi connectivity index (χ2v) is 11.0. The van der Waals surface area contributed by atoms with Crippen LogP contribution in [0.2, 0.25) is 10.0 Å². The van der Waals surface area contributed by atoms with E-state index in [4.69, 9.17) is 32.7 Å². The first-order valence-corrected chi connectivity index (χ1v) is 13.0. The molecule has 1 unspecified atom stereocenters. The molecule has 0 spiro atoms. The molecule has 0 bridgehead atoms. The molecule has 0 aromatic heterocycles. The highest BCUT2D eigenvalue weighted by atomic mass is 35.5. The fourth-order valence-corrected chi connectivity index (χ4v) is 5.85. The largest absolute Gasteiger partial charge is 0.493 e. The van der Waals surface area contributed by atoms with E-state index in [1.165, 1.54) is 16.8 Å². The quantitative estimate of drug-likeness (QED) is 0.371. The Morgan fingerprint density at radius 2 is 1.86 bits per heavy atom. The number of aryl methyl sites for hydroxylation is 1. The van der Waals surface area contributed by atoms with Crippen LogP contribution in [-0.2, 0) is 16.8 Å². The summed E-state index contributed by atoms with van der Waals surface area (Å²) >= 11 is 12.3. The summed E-state index contributed by atoms with van der Waals surface area (Å²) in [5.74, 6) is 1.28. The molecule has 0 aliphatic carbocycles. The van der Waals surface area contributed by atoms with E-state index in [1.807, 2.05) is 30.3 Å². The van der Waals surface area contributed by atoms with Gasteiger partial charge in [-0.25, -0.2) is 0 Å². The normalized spacial score (nSPS) is 19.9. The maximum absolute atomic E-state index is 12.7. The molecule has 1 fully saturated rings. The number of rotatable bonds is 6. The van der Waals surface area contributed by atoms with Crippen molar-refractivity contribution < 1.29 is 14.3 Å². The first-order chi connectivity index (χ1) is 17.6. The molecule has 1 atom stereocenters. The highest BCUT2D eigenvalue weighted by molar-refractivity contribution is 6.35. The molecule has 5 nitrogen and oxygen atoms in total. The third-order valence-corrected chi connectivity index (χ3v) is 8.08. The van der Waals surface area contributed by atoms with Gasteiger partial charge in [-0.1, -0.05) is 73.0 Å². The van der Waals surface area contributed by atoms with Gasteiger partial charge in [0.2, 0.25) is 5.91 Å². The average molecular weight is 537 g/mol. The Morgan fingerprint density at radius 3 is 2.62 bits per heavy atom. The van der Waals surface area contributed by atoms with E-state index in [1.54, 1.807) is 19.2 Å². The SMILES string of the molecule is COc1cc(/C=C/C23NC(=O)CCN2c2ccc(C)cc2C3(C)C)ccc1OCc1ccc(Cl)cc1Cl. The number of benzene rings is 3. The van der Waals surface area contributed by atoms with Gasteiger partial charge in [-0.2, -0.15) is 0 Å². The molecule has 0 radical (unpaired) electrons. The van der Waals surface area contributed by atoms with Gasteiger partial charge >= 0.3 is 0 Å². The molecule has 37 heavy (non-hydrogen) atoms. The van der Waals surface area contributed by atoms with Crippen molar-refractivity contribution in [2.24, 2.45) is 0 Å². The summed E-state index contributed by atoms with van der Waals surface area (Å²) in [5.41, 5.74) is 4.37. The number of carbonyl (C=O) groups excluding carboxylic acids is 1. The van der Waals surface area contributed by atoms with Crippen molar-refractivity contribution >= 4 is 40.9 Å². The van der Waals surface area contributed by atoms with Gasteiger partial charge in [0.25, 0.3) is 0 Å². The van der Waals surface area contributed by atoms with Crippen LogP contribution in [0.1, 0.15) is 42.5 Å². The molecule has 7 heteroatoms. The number of nitrogens with one attached hydrogen (secondary N) is 1. The van der Waals surface area contributed by atoms with E-state index in [-0.39, 0.29) is 17.9 Å². The molecular weight excluding hydrogens is 507 g/mol. The number of hydrogen-bond donors (Lipinski definition) is 1. The Morgan fingerprint density at radius 1 is 1.05 bits per heavy atom. The van der Waals surface area contributed by atoms with Gasteiger partial charge in [-0.3, -0.25) is 4.79 Å². The molecule has 5 rings (SSSR count). The van der Waals surface area contributed by atoms with E-state index in [0.717, 1.165) is 11.1 Å². The Balaban J connectivity index is 1.44. The summed E-state index contributed by atoms with van der Waals surface area (Å²) in [6, 6.07) is 17.7. The molecule has 2 aliphatic heterocycles. The topological polar surface area (TPSA) is 50.8 Å². The molecule has 2 heterocycles. The van der Waals surface area contributed by atoms with Crippen LogP contribution in [0.4, 0.5) is 5.69 Å². The molecule has 0 saturated carbocycles. The molecule has 3 aromatic rings. The lowest BCUT2D eigenvalue weighted by Gasteiger charge is -2.49. The second kappa shape index (κ2) is 9.62. The Kier molecular flexibility index (Phi) is 6.63. The first kappa shape index (κ1) is 25.5. The fourth-order valence-electron chi connectivity index (χ4n) is 5.39. The lowest BCUT2D eigenvalue weighted by molar-refractivity contribution is -0.124. The van der Waals surface area contributed by atoms with Crippen LogP contribution in [0, 0.1) is 6.92 Å². The molecule has 3 aromatic carbocycles. The van der Waals surface area contributed by atoms with E-state index in [2.05, 4.69) is 55.3 Å². The van der Waals surface area contributed by atoms with Crippen molar-refractivity contribution in [1.82, 2.24) is 5.32 Å². The summed E-state index contributed by atoms with van der Waals surface area (Å²) < 4.78 is 11.6. The summed E-state index contributed by atoms with van der Waals surface area (Å²) in [4.78, 5) is 15.0. The van der Waals surface area contributed by atoms with Gasteiger partial charge in [-0.15, -0.1) is 0 Å². The standard InChI is InChI=1S/C30H30Cl2N2O3/c1-19-5-9-25-23(15-19)29(2,3)30(33-28(35)12-14-34(25)30)13-11-20-6-10-26(27(16-20)36-4)37-18-21-7-8-22(31)17-24(21)32/h5-11,13,15-17H,12,14,18H2,1-4H3,(H,33,35)/b13-11+. The Hall–Kier alpha value is -3.15. The number of halogens is 2. The van der Waals surface area contributed by atoms with Gasteiger partial charge < -0.3 is 19.7 Å². The van der Waals surface area contributed by atoms with E-state index in [0.29, 0.717) is 34.5 Å². The fraction of sp³-hybridized carbons (Fsp3) is 0.300. The van der Waals surface area contributed by atoms with Crippen LogP contribution in [0.15, 0.2) is 60.7 Å². The van der Waals surface area contributed by atoms with Crippen LogP contribution >= 0.6 is 23.2 Å². The van der Waals surface area contributed by atoms with Crippen LogP contribution in [-0.4, -0.2) is 25.2 Å². The molecule has 1 N–H and O–H groups in total. The average Bonchev–Trinajstić information content (AvgIpc) is 3.05. The zero-order valence-electron chi connectivity index (χ0n) is 21.4. The second-order valence-electron chi connectivity index (χ2n) is 10.1. The predicted octanol–water partition coefficient (Wildman–Crippen LogP) is 6.92. The van der Waals surface area contributed by atoms with Crippen molar-refractivity contribution in [3.63, 3.8) is 0 Å². The Labute approximate surface area is 228 Å².